The van der Waals surface area contributed by atoms with Crippen LogP contribution in [0.4, 0.5) is 10.5 Å². The van der Waals surface area contributed by atoms with Gasteiger partial charge in [0.1, 0.15) is 0 Å². The summed E-state index contributed by atoms with van der Waals surface area (Å²) in [5.74, 6) is 0.739. The van der Waals surface area contributed by atoms with Gasteiger partial charge >= 0.3 is 6.03 Å². The van der Waals surface area contributed by atoms with Crippen molar-refractivity contribution < 1.29 is 9.59 Å². The Bertz CT molecular complexity index is 740. The van der Waals surface area contributed by atoms with E-state index in [0.29, 0.717) is 19.6 Å². The average Bonchev–Trinajstić information content (AvgIpc) is 2.72. The van der Waals surface area contributed by atoms with Gasteiger partial charge in [-0.2, -0.15) is 0 Å². The van der Waals surface area contributed by atoms with Gasteiger partial charge in [-0.05, 0) is 37.1 Å². The number of likely N-dealkylation sites (tertiary alicyclic amines) is 1. The monoisotopic (exact) mass is 383 g/mol. The van der Waals surface area contributed by atoms with Crippen LogP contribution in [0.2, 0.25) is 0 Å². The second-order valence-electron chi connectivity index (χ2n) is 6.53. The molecule has 0 aromatic heterocycles. The number of rotatable bonds is 6. The first-order chi connectivity index (χ1) is 13.2. The van der Waals surface area contributed by atoms with Crippen molar-refractivity contribution in [1.29, 1.82) is 0 Å². The number of urea groups is 1. The van der Waals surface area contributed by atoms with Gasteiger partial charge in [0.05, 0.1) is 5.92 Å². The number of carbonyl (C=O) groups is 2. The minimum Gasteiger partial charge on any atom is -0.355 e. The maximum Gasteiger partial charge on any atom is 0.321 e. The first-order valence-electron chi connectivity index (χ1n) is 9.29. The van der Waals surface area contributed by atoms with Crippen LogP contribution in [0.3, 0.4) is 0 Å². The summed E-state index contributed by atoms with van der Waals surface area (Å²) in [5.41, 5.74) is 0.770. The number of hydrogen-bond donors (Lipinski definition) is 2. The highest BCUT2D eigenvalue weighted by Gasteiger charge is 2.28. The second kappa shape index (κ2) is 10.0. The predicted octanol–water partition coefficient (Wildman–Crippen LogP) is 3.84. The van der Waals surface area contributed by atoms with Crippen molar-refractivity contribution in [2.24, 2.45) is 5.92 Å². The summed E-state index contributed by atoms with van der Waals surface area (Å²) in [7, 11) is 0. The van der Waals surface area contributed by atoms with Gasteiger partial charge in [-0.1, -0.05) is 36.4 Å². The number of carbonyl (C=O) groups excluding carboxylic acids is 2. The smallest absolute Gasteiger partial charge is 0.321 e. The number of benzene rings is 2. The fraction of sp³-hybridized carbons (Fsp3) is 0.333. The lowest BCUT2D eigenvalue weighted by Gasteiger charge is -2.32. The number of piperidine rings is 1. The van der Waals surface area contributed by atoms with Crippen molar-refractivity contribution in [3.05, 3.63) is 60.7 Å². The molecule has 3 rings (SSSR count). The summed E-state index contributed by atoms with van der Waals surface area (Å²) in [5, 5.41) is 5.91. The Morgan fingerprint density at radius 1 is 1.04 bits per heavy atom. The number of hydrogen-bond acceptors (Lipinski definition) is 3. The molecule has 0 spiro atoms. The molecule has 3 amide bonds. The topological polar surface area (TPSA) is 61.4 Å². The molecule has 0 saturated carbocycles. The Kier molecular flexibility index (Phi) is 7.16. The van der Waals surface area contributed by atoms with Crippen LogP contribution in [-0.4, -0.2) is 42.2 Å². The molecule has 27 heavy (non-hydrogen) atoms. The number of para-hydroxylation sites is 1. The molecule has 2 N–H and O–H groups in total. The number of nitrogens with one attached hydrogen (secondary N) is 2. The SMILES string of the molecule is O=C(NCCSc1ccccc1)[C@H]1CCCN(C(=O)Nc2ccccc2)C1. The molecule has 0 radical (unpaired) electrons. The van der Waals surface area contributed by atoms with Gasteiger partial charge in [0.25, 0.3) is 0 Å². The summed E-state index contributed by atoms with van der Waals surface area (Å²) in [6.45, 7) is 1.79. The van der Waals surface area contributed by atoms with Crippen LogP contribution in [0.5, 0.6) is 0 Å². The molecule has 2 aromatic rings. The summed E-state index contributed by atoms with van der Waals surface area (Å²) in [6.07, 6.45) is 1.67. The average molecular weight is 384 g/mol. The third kappa shape index (κ3) is 6.03. The van der Waals surface area contributed by atoms with Crippen LogP contribution >= 0.6 is 11.8 Å². The molecule has 1 saturated heterocycles. The van der Waals surface area contributed by atoms with Crippen molar-refractivity contribution in [3.63, 3.8) is 0 Å². The summed E-state index contributed by atoms with van der Waals surface area (Å²) in [6, 6.07) is 19.4. The highest BCUT2D eigenvalue weighted by molar-refractivity contribution is 7.99. The highest BCUT2D eigenvalue weighted by atomic mass is 32.2. The molecular weight excluding hydrogens is 358 g/mol. The highest BCUT2D eigenvalue weighted by Crippen LogP contribution is 2.19. The standard InChI is InChI=1S/C21H25N3O2S/c25-20(22-13-15-27-19-11-5-2-6-12-19)17-8-7-14-24(16-17)21(26)23-18-9-3-1-4-10-18/h1-6,9-12,17H,7-8,13-16H2,(H,22,25)(H,23,26)/t17-/m0/s1. The zero-order chi connectivity index (χ0) is 18.9. The number of amides is 3. The maximum absolute atomic E-state index is 12.5. The molecular formula is C21H25N3O2S. The van der Waals surface area contributed by atoms with Crippen molar-refractivity contribution >= 4 is 29.4 Å². The second-order valence-corrected chi connectivity index (χ2v) is 7.70. The Labute approximate surface area is 164 Å². The quantitative estimate of drug-likeness (QED) is 0.589. The largest absolute Gasteiger partial charge is 0.355 e. The lowest BCUT2D eigenvalue weighted by atomic mass is 9.97. The van der Waals surface area contributed by atoms with Crippen molar-refractivity contribution in [3.8, 4) is 0 Å². The van der Waals surface area contributed by atoms with Gasteiger partial charge in [-0.15, -0.1) is 11.8 Å². The van der Waals surface area contributed by atoms with E-state index in [-0.39, 0.29) is 17.9 Å². The summed E-state index contributed by atoms with van der Waals surface area (Å²) in [4.78, 5) is 27.8. The van der Waals surface area contributed by atoms with Crippen LogP contribution in [0.15, 0.2) is 65.6 Å². The third-order valence-corrected chi connectivity index (χ3v) is 5.53. The van der Waals surface area contributed by atoms with E-state index in [1.54, 1.807) is 16.7 Å². The Hall–Kier alpha value is -2.47. The number of nitrogens with zero attached hydrogens (tertiary/aromatic N) is 1. The van der Waals surface area contributed by atoms with Gasteiger partial charge in [-0.3, -0.25) is 4.79 Å². The predicted molar refractivity (Wildman–Crippen MR) is 110 cm³/mol. The zero-order valence-corrected chi connectivity index (χ0v) is 16.1. The Morgan fingerprint density at radius 2 is 1.74 bits per heavy atom. The molecule has 1 fully saturated rings. The van der Waals surface area contributed by atoms with Crippen molar-refractivity contribution in [2.75, 3.05) is 30.7 Å². The van der Waals surface area contributed by atoms with Crippen LogP contribution in [0, 0.1) is 5.92 Å². The van der Waals surface area contributed by atoms with Crippen LogP contribution in [0.1, 0.15) is 12.8 Å². The van der Waals surface area contributed by atoms with Gasteiger partial charge in [0.15, 0.2) is 0 Å². The van der Waals surface area contributed by atoms with Crippen LogP contribution in [-0.2, 0) is 4.79 Å². The van der Waals surface area contributed by atoms with Crippen LogP contribution in [0.25, 0.3) is 0 Å². The molecule has 1 aliphatic rings. The molecule has 6 heteroatoms. The normalized spacial score (nSPS) is 16.6. The Morgan fingerprint density at radius 3 is 2.48 bits per heavy atom. The zero-order valence-electron chi connectivity index (χ0n) is 15.3. The molecule has 0 bridgehead atoms. The van der Waals surface area contributed by atoms with E-state index in [1.165, 1.54) is 4.90 Å². The van der Waals surface area contributed by atoms with E-state index >= 15 is 0 Å². The first-order valence-corrected chi connectivity index (χ1v) is 10.3. The first kappa shape index (κ1) is 19.3. The summed E-state index contributed by atoms with van der Waals surface area (Å²) < 4.78 is 0. The minimum absolute atomic E-state index is 0.0425. The fourth-order valence-corrected chi connectivity index (χ4v) is 3.89. The van der Waals surface area contributed by atoms with Gasteiger partial charge in [-0.25, -0.2) is 4.79 Å². The van der Waals surface area contributed by atoms with Gasteiger partial charge < -0.3 is 15.5 Å². The molecule has 2 aromatic carbocycles. The maximum atomic E-state index is 12.5. The Balaban J connectivity index is 1.41. The van der Waals surface area contributed by atoms with E-state index < -0.39 is 0 Å². The number of thioether (sulfide) groups is 1. The van der Waals surface area contributed by atoms with E-state index in [9.17, 15) is 9.59 Å². The lowest BCUT2D eigenvalue weighted by Crippen LogP contribution is -2.47. The van der Waals surface area contributed by atoms with E-state index in [4.69, 9.17) is 0 Å². The minimum atomic E-state index is -0.140. The van der Waals surface area contributed by atoms with E-state index in [2.05, 4.69) is 22.8 Å². The molecule has 1 aliphatic heterocycles. The van der Waals surface area contributed by atoms with Crippen molar-refractivity contribution in [1.82, 2.24) is 10.2 Å². The molecule has 0 aliphatic carbocycles. The lowest BCUT2D eigenvalue weighted by molar-refractivity contribution is -0.126. The number of anilines is 1. The van der Waals surface area contributed by atoms with Gasteiger partial charge in [0.2, 0.25) is 5.91 Å². The van der Waals surface area contributed by atoms with Gasteiger partial charge in [0, 0.05) is 36.0 Å². The van der Waals surface area contributed by atoms with Crippen molar-refractivity contribution in [2.45, 2.75) is 17.7 Å². The summed E-state index contributed by atoms with van der Waals surface area (Å²) >= 11 is 1.73. The molecule has 0 unspecified atom stereocenters. The molecule has 1 heterocycles. The molecule has 1 atom stereocenters. The molecule has 142 valence electrons. The van der Waals surface area contributed by atoms with E-state index in [0.717, 1.165) is 24.3 Å². The van der Waals surface area contributed by atoms with Crippen LogP contribution < -0.4 is 10.6 Å². The fourth-order valence-electron chi connectivity index (χ4n) is 3.10. The molecule has 5 nitrogen and oxygen atoms in total. The third-order valence-electron chi connectivity index (χ3n) is 4.52. The van der Waals surface area contributed by atoms with E-state index in [1.807, 2.05) is 48.5 Å².